The molecule has 0 saturated carbocycles. The number of hydrogen-bond donors (Lipinski definition) is 1. The van der Waals surface area contributed by atoms with Gasteiger partial charge in [-0.15, -0.1) is 0 Å². The van der Waals surface area contributed by atoms with Crippen molar-refractivity contribution in [1.29, 1.82) is 0 Å². The highest BCUT2D eigenvalue weighted by atomic mass is 16.5. The van der Waals surface area contributed by atoms with E-state index in [-0.39, 0.29) is 24.5 Å². The molecule has 1 N–H and O–H groups in total. The summed E-state index contributed by atoms with van der Waals surface area (Å²) in [5.41, 5.74) is 1.87. The molecule has 1 aromatic carbocycles. The van der Waals surface area contributed by atoms with Crippen LogP contribution < -0.4 is 10.1 Å². The molecule has 1 aliphatic heterocycles. The lowest BCUT2D eigenvalue weighted by atomic mass is 10.0. The van der Waals surface area contributed by atoms with Crippen molar-refractivity contribution in [2.75, 3.05) is 19.7 Å². The Balaban J connectivity index is 1.39. The van der Waals surface area contributed by atoms with Crippen molar-refractivity contribution in [2.24, 2.45) is 0 Å². The Morgan fingerprint density at radius 1 is 1.18 bits per heavy atom. The first kappa shape index (κ1) is 19.9. The average molecular weight is 381 g/mol. The van der Waals surface area contributed by atoms with E-state index in [1.807, 2.05) is 29.2 Å². The van der Waals surface area contributed by atoms with E-state index in [2.05, 4.69) is 17.2 Å². The number of likely N-dealkylation sites (tertiary alicyclic amines) is 1. The molecule has 0 spiro atoms. The van der Waals surface area contributed by atoms with E-state index in [9.17, 15) is 9.59 Å². The number of hydrogen-bond acceptors (Lipinski definition) is 4. The predicted molar refractivity (Wildman–Crippen MR) is 107 cm³/mol. The van der Waals surface area contributed by atoms with Crippen LogP contribution >= 0.6 is 0 Å². The van der Waals surface area contributed by atoms with Crippen molar-refractivity contribution in [1.82, 2.24) is 15.2 Å². The van der Waals surface area contributed by atoms with Crippen LogP contribution in [0.1, 0.15) is 42.1 Å². The third-order valence-corrected chi connectivity index (χ3v) is 4.89. The van der Waals surface area contributed by atoms with Gasteiger partial charge in [0, 0.05) is 31.5 Å². The van der Waals surface area contributed by atoms with E-state index in [4.69, 9.17) is 4.74 Å². The standard InChI is InChI=1S/C22H27N3O3/c1-2-4-17-6-8-20(9-7-17)28-16-21(26)24-19-10-13-25(14-11-19)22(27)18-5-3-12-23-15-18/h3,5-9,12,15,19H,2,4,10-11,13-14,16H2,1H3,(H,24,26). The van der Waals surface area contributed by atoms with Crippen molar-refractivity contribution >= 4 is 11.8 Å². The normalized spacial score (nSPS) is 14.5. The first-order chi connectivity index (χ1) is 13.7. The van der Waals surface area contributed by atoms with Crippen LogP contribution in [-0.2, 0) is 11.2 Å². The Kier molecular flexibility index (Phi) is 7.00. The van der Waals surface area contributed by atoms with Crippen LogP contribution in [-0.4, -0.2) is 47.4 Å². The van der Waals surface area contributed by atoms with Crippen molar-refractivity contribution < 1.29 is 14.3 Å². The van der Waals surface area contributed by atoms with Crippen LogP contribution in [0.3, 0.4) is 0 Å². The van der Waals surface area contributed by atoms with Gasteiger partial charge in [-0.05, 0) is 49.1 Å². The zero-order valence-electron chi connectivity index (χ0n) is 16.3. The molecule has 6 heteroatoms. The van der Waals surface area contributed by atoms with E-state index in [1.165, 1.54) is 5.56 Å². The van der Waals surface area contributed by atoms with Gasteiger partial charge < -0.3 is 15.0 Å². The Morgan fingerprint density at radius 2 is 1.93 bits per heavy atom. The summed E-state index contributed by atoms with van der Waals surface area (Å²) in [6.45, 7) is 3.40. The Morgan fingerprint density at radius 3 is 2.57 bits per heavy atom. The monoisotopic (exact) mass is 381 g/mol. The zero-order chi connectivity index (χ0) is 19.8. The molecule has 0 atom stereocenters. The van der Waals surface area contributed by atoms with Gasteiger partial charge in [0.1, 0.15) is 5.75 Å². The maximum absolute atomic E-state index is 12.4. The Labute approximate surface area is 165 Å². The first-order valence-electron chi connectivity index (χ1n) is 9.86. The fourth-order valence-corrected chi connectivity index (χ4v) is 3.36. The minimum atomic E-state index is -0.130. The topological polar surface area (TPSA) is 71.5 Å². The van der Waals surface area contributed by atoms with Gasteiger partial charge >= 0.3 is 0 Å². The molecule has 2 aromatic rings. The summed E-state index contributed by atoms with van der Waals surface area (Å²) in [5, 5.41) is 3.01. The largest absolute Gasteiger partial charge is 0.484 e. The summed E-state index contributed by atoms with van der Waals surface area (Å²) in [4.78, 5) is 30.4. The number of pyridine rings is 1. The van der Waals surface area contributed by atoms with Crippen LogP contribution in [0.5, 0.6) is 5.75 Å². The van der Waals surface area contributed by atoms with Gasteiger partial charge in [0.15, 0.2) is 6.61 Å². The summed E-state index contributed by atoms with van der Waals surface area (Å²) < 4.78 is 5.58. The van der Waals surface area contributed by atoms with E-state index in [0.29, 0.717) is 24.4 Å². The number of piperidine rings is 1. The minimum Gasteiger partial charge on any atom is -0.484 e. The number of nitrogens with one attached hydrogen (secondary N) is 1. The summed E-state index contributed by atoms with van der Waals surface area (Å²) in [6, 6.07) is 11.5. The molecule has 0 unspecified atom stereocenters. The average Bonchev–Trinajstić information content (AvgIpc) is 2.74. The maximum Gasteiger partial charge on any atom is 0.258 e. The number of aromatic nitrogens is 1. The summed E-state index contributed by atoms with van der Waals surface area (Å²) >= 11 is 0. The molecule has 0 aliphatic carbocycles. The van der Waals surface area contributed by atoms with Crippen molar-refractivity contribution in [2.45, 2.75) is 38.6 Å². The van der Waals surface area contributed by atoms with Gasteiger partial charge in [-0.1, -0.05) is 25.5 Å². The van der Waals surface area contributed by atoms with E-state index < -0.39 is 0 Å². The number of amides is 2. The molecule has 148 valence electrons. The molecular weight excluding hydrogens is 354 g/mol. The quantitative estimate of drug-likeness (QED) is 0.801. The molecule has 2 amide bonds. The van der Waals surface area contributed by atoms with Gasteiger partial charge in [-0.25, -0.2) is 0 Å². The fourth-order valence-electron chi connectivity index (χ4n) is 3.36. The third kappa shape index (κ3) is 5.55. The number of ether oxygens (including phenoxy) is 1. The number of rotatable bonds is 7. The second-order valence-electron chi connectivity index (χ2n) is 7.06. The summed E-state index contributed by atoms with van der Waals surface area (Å²) in [5.74, 6) is 0.564. The highest BCUT2D eigenvalue weighted by Gasteiger charge is 2.24. The lowest BCUT2D eigenvalue weighted by molar-refractivity contribution is -0.124. The Bertz CT molecular complexity index is 769. The number of carbonyl (C=O) groups excluding carboxylic acids is 2. The van der Waals surface area contributed by atoms with Gasteiger partial charge in [0.05, 0.1) is 5.56 Å². The highest BCUT2D eigenvalue weighted by molar-refractivity contribution is 5.93. The second kappa shape index (κ2) is 9.88. The Hall–Kier alpha value is -2.89. The van der Waals surface area contributed by atoms with Gasteiger partial charge in [0.25, 0.3) is 11.8 Å². The lowest BCUT2D eigenvalue weighted by Crippen LogP contribution is -2.47. The van der Waals surface area contributed by atoms with Gasteiger partial charge in [-0.3, -0.25) is 14.6 Å². The minimum absolute atomic E-state index is 0.00194. The molecule has 1 aromatic heterocycles. The van der Waals surface area contributed by atoms with Crippen LogP contribution in [0.25, 0.3) is 0 Å². The molecule has 3 rings (SSSR count). The molecule has 0 bridgehead atoms. The van der Waals surface area contributed by atoms with Crippen LogP contribution in [0.4, 0.5) is 0 Å². The van der Waals surface area contributed by atoms with E-state index >= 15 is 0 Å². The first-order valence-corrected chi connectivity index (χ1v) is 9.86. The highest BCUT2D eigenvalue weighted by Crippen LogP contribution is 2.15. The van der Waals surface area contributed by atoms with Crippen LogP contribution in [0.15, 0.2) is 48.8 Å². The number of benzene rings is 1. The lowest BCUT2D eigenvalue weighted by Gasteiger charge is -2.32. The van der Waals surface area contributed by atoms with Crippen molar-refractivity contribution in [3.63, 3.8) is 0 Å². The molecule has 1 saturated heterocycles. The van der Waals surface area contributed by atoms with Crippen molar-refractivity contribution in [3.05, 3.63) is 59.9 Å². The molecule has 2 heterocycles. The molecule has 0 radical (unpaired) electrons. The maximum atomic E-state index is 12.4. The molecule has 28 heavy (non-hydrogen) atoms. The van der Waals surface area contributed by atoms with E-state index in [0.717, 1.165) is 25.7 Å². The molecule has 6 nitrogen and oxygen atoms in total. The van der Waals surface area contributed by atoms with E-state index in [1.54, 1.807) is 24.5 Å². The van der Waals surface area contributed by atoms with Crippen LogP contribution in [0, 0.1) is 0 Å². The SMILES string of the molecule is CCCc1ccc(OCC(=O)NC2CCN(C(=O)c3cccnc3)CC2)cc1. The predicted octanol–water partition coefficient (Wildman–Crippen LogP) is 2.83. The van der Waals surface area contributed by atoms with Crippen LogP contribution in [0.2, 0.25) is 0 Å². The summed E-state index contributed by atoms with van der Waals surface area (Å²) in [6.07, 6.45) is 6.87. The number of nitrogens with zero attached hydrogens (tertiary/aromatic N) is 2. The fraction of sp³-hybridized carbons (Fsp3) is 0.409. The summed E-state index contributed by atoms with van der Waals surface area (Å²) in [7, 11) is 0. The number of carbonyl (C=O) groups is 2. The molecular formula is C22H27N3O3. The smallest absolute Gasteiger partial charge is 0.258 e. The molecule has 1 fully saturated rings. The van der Waals surface area contributed by atoms with Crippen molar-refractivity contribution in [3.8, 4) is 5.75 Å². The van der Waals surface area contributed by atoms with Gasteiger partial charge in [-0.2, -0.15) is 0 Å². The second-order valence-corrected chi connectivity index (χ2v) is 7.06. The van der Waals surface area contributed by atoms with Gasteiger partial charge in [0.2, 0.25) is 0 Å². The molecule has 1 aliphatic rings. The third-order valence-electron chi connectivity index (χ3n) is 4.89. The number of aryl methyl sites for hydroxylation is 1. The zero-order valence-corrected chi connectivity index (χ0v) is 16.3.